The number of aryl methyl sites for hydroxylation is 1. The Kier molecular flexibility index (Phi) is 5.49. The Balaban J connectivity index is 2.02. The average molecular weight is 401 g/mol. The van der Waals surface area contributed by atoms with Gasteiger partial charge in [0.05, 0.1) is 11.1 Å². The van der Waals surface area contributed by atoms with E-state index < -0.39 is 11.7 Å². The van der Waals surface area contributed by atoms with E-state index in [1.165, 1.54) is 22.1 Å². The van der Waals surface area contributed by atoms with Crippen molar-refractivity contribution in [3.63, 3.8) is 0 Å². The maximum absolute atomic E-state index is 13.1. The molecular weight excluding hydrogens is 383 g/mol. The topological polar surface area (TPSA) is 63.9 Å². The molecular formula is C20H18F3N5O. The van der Waals surface area contributed by atoms with Gasteiger partial charge >= 0.3 is 6.18 Å². The number of rotatable bonds is 4. The molecule has 150 valence electrons. The summed E-state index contributed by atoms with van der Waals surface area (Å²) in [6.07, 6.45) is 1.47. The van der Waals surface area contributed by atoms with Crippen LogP contribution in [0.4, 0.5) is 13.2 Å². The van der Waals surface area contributed by atoms with E-state index in [9.17, 15) is 18.0 Å². The van der Waals surface area contributed by atoms with Crippen LogP contribution in [0.15, 0.2) is 49.1 Å². The second kappa shape index (κ2) is 7.86. The van der Waals surface area contributed by atoms with Crippen LogP contribution >= 0.6 is 0 Å². The summed E-state index contributed by atoms with van der Waals surface area (Å²) in [7, 11) is 3.23. The molecule has 9 heteroatoms. The van der Waals surface area contributed by atoms with Gasteiger partial charge in [0.2, 0.25) is 0 Å². The van der Waals surface area contributed by atoms with Gasteiger partial charge < -0.3 is 4.90 Å². The molecule has 0 saturated heterocycles. The number of benzene rings is 1. The van der Waals surface area contributed by atoms with Gasteiger partial charge in [-0.05, 0) is 36.8 Å². The number of hydrogen-bond acceptors (Lipinski definition) is 4. The third-order valence-corrected chi connectivity index (χ3v) is 4.04. The highest BCUT2D eigenvalue weighted by molar-refractivity contribution is 6.22. The monoisotopic (exact) mass is 401 g/mol. The van der Waals surface area contributed by atoms with Crippen molar-refractivity contribution in [2.24, 2.45) is 0 Å². The smallest absolute Gasteiger partial charge is 0.345 e. The van der Waals surface area contributed by atoms with Gasteiger partial charge in [0.1, 0.15) is 6.33 Å². The number of aromatic nitrogens is 4. The van der Waals surface area contributed by atoms with Crippen LogP contribution in [0.3, 0.4) is 0 Å². The van der Waals surface area contributed by atoms with Gasteiger partial charge in [0, 0.05) is 43.8 Å². The van der Waals surface area contributed by atoms with E-state index in [4.69, 9.17) is 0 Å². The molecule has 0 radical (unpaired) electrons. The summed E-state index contributed by atoms with van der Waals surface area (Å²) in [5.74, 6) is -0.150. The van der Waals surface area contributed by atoms with E-state index in [0.717, 1.165) is 12.1 Å². The zero-order valence-corrected chi connectivity index (χ0v) is 16.0. The van der Waals surface area contributed by atoms with Crippen LogP contribution in [0.25, 0.3) is 23.2 Å². The van der Waals surface area contributed by atoms with Crippen molar-refractivity contribution in [1.82, 2.24) is 24.6 Å². The lowest BCUT2D eigenvalue weighted by Gasteiger charge is -2.13. The van der Waals surface area contributed by atoms with Crippen molar-refractivity contribution in [2.75, 3.05) is 14.1 Å². The molecule has 6 nitrogen and oxygen atoms in total. The summed E-state index contributed by atoms with van der Waals surface area (Å²) in [6, 6.07) is 7.07. The van der Waals surface area contributed by atoms with Crippen molar-refractivity contribution in [2.45, 2.75) is 13.1 Å². The summed E-state index contributed by atoms with van der Waals surface area (Å²) in [5.41, 5.74) is 0.822. The lowest BCUT2D eigenvalue weighted by atomic mass is 10.1. The SMILES string of the molecule is Cc1cc(-c2ncn(/C=C(/C(=O)N(C)C)c3cccnc3)n2)cc(C(F)(F)F)c1. The fraction of sp³-hybridized carbons (Fsp3) is 0.200. The summed E-state index contributed by atoms with van der Waals surface area (Å²) in [4.78, 5) is 22.1. The maximum Gasteiger partial charge on any atom is 0.416 e. The molecule has 0 aliphatic heterocycles. The minimum absolute atomic E-state index is 0.123. The van der Waals surface area contributed by atoms with E-state index in [1.54, 1.807) is 51.6 Å². The van der Waals surface area contributed by atoms with Crippen LogP contribution in [0.2, 0.25) is 0 Å². The van der Waals surface area contributed by atoms with Crippen LogP contribution in [0.5, 0.6) is 0 Å². The number of amides is 1. The first kappa shape index (κ1) is 20.2. The highest BCUT2D eigenvalue weighted by Gasteiger charge is 2.31. The van der Waals surface area contributed by atoms with Gasteiger partial charge in [0.15, 0.2) is 5.82 Å². The highest BCUT2D eigenvalue weighted by atomic mass is 19.4. The number of likely N-dealkylation sites (N-methyl/N-ethyl adjacent to an activating group) is 1. The number of alkyl halides is 3. The molecule has 0 aliphatic rings. The Morgan fingerprint density at radius 1 is 1.21 bits per heavy atom. The van der Waals surface area contributed by atoms with Gasteiger partial charge in [0.25, 0.3) is 5.91 Å². The minimum Gasteiger partial charge on any atom is -0.345 e. The first-order valence-electron chi connectivity index (χ1n) is 8.59. The van der Waals surface area contributed by atoms with Crippen molar-refractivity contribution >= 4 is 17.7 Å². The zero-order chi connectivity index (χ0) is 21.2. The van der Waals surface area contributed by atoms with E-state index >= 15 is 0 Å². The third-order valence-electron chi connectivity index (χ3n) is 4.04. The molecule has 0 unspecified atom stereocenters. The number of carbonyl (C=O) groups is 1. The molecule has 2 aromatic heterocycles. The quantitative estimate of drug-likeness (QED) is 0.625. The Morgan fingerprint density at radius 2 is 1.97 bits per heavy atom. The molecule has 3 rings (SSSR count). The van der Waals surface area contributed by atoms with Crippen molar-refractivity contribution in [3.8, 4) is 11.4 Å². The number of nitrogens with zero attached hydrogens (tertiary/aromatic N) is 5. The van der Waals surface area contributed by atoms with Crippen LogP contribution in [-0.2, 0) is 11.0 Å². The molecule has 0 aliphatic carbocycles. The second-order valence-corrected chi connectivity index (χ2v) is 6.62. The fourth-order valence-corrected chi connectivity index (χ4v) is 2.69. The number of pyridine rings is 1. The summed E-state index contributed by atoms with van der Waals surface area (Å²) in [5, 5.41) is 4.22. The maximum atomic E-state index is 13.1. The Hall–Kier alpha value is -3.49. The second-order valence-electron chi connectivity index (χ2n) is 6.62. The third kappa shape index (κ3) is 4.68. The highest BCUT2D eigenvalue weighted by Crippen LogP contribution is 2.32. The Labute approximate surface area is 165 Å². The van der Waals surface area contributed by atoms with Gasteiger partial charge in [-0.3, -0.25) is 9.78 Å². The van der Waals surface area contributed by atoms with Gasteiger partial charge in [-0.15, -0.1) is 5.10 Å². The summed E-state index contributed by atoms with van der Waals surface area (Å²) < 4.78 is 40.6. The molecule has 0 spiro atoms. The summed E-state index contributed by atoms with van der Waals surface area (Å²) >= 11 is 0. The Morgan fingerprint density at radius 3 is 2.59 bits per heavy atom. The molecule has 0 saturated carbocycles. The van der Waals surface area contributed by atoms with Gasteiger partial charge in [-0.2, -0.15) is 13.2 Å². The minimum atomic E-state index is -4.46. The van der Waals surface area contributed by atoms with Crippen LogP contribution in [0, 0.1) is 6.92 Å². The Bertz CT molecular complexity index is 1060. The van der Waals surface area contributed by atoms with E-state index in [0.29, 0.717) is 16.7 Å². The molecule has 2 heterocycles. The zero-order valence-electron chi connectivity index (χ0n) is 16.0. The first-order chi connectivity index (χ1) is 13.6. The van der Waals surface area contributed by atoms with Crippen molar-refractivity contribution < 1.29 is 18.0 Å². The fourth-order valence-electron chi connectivity index (χ4n) is 2.69. The predicted octanol–water partition coefficient (Wildman–Crippen LogP) is 3.75. The normalized spacial score (nSPS) is 12.1. The van der Waals surface area contributed by atoms with E-state index in [1.807, 2.05) is 0 Å². The molecule has 0 bridgehead atoms. The number of halogens is 3. The number of hydrogen-bond donors (Lipinski definition) is 0. The molecule has 1 amide bonds. The van der Waals surface area contributed by atoms with E-state index in [2.05, 4.69) is 15.1 Å². The first-order valence-corrected chi connectivity index (χ1v) is 8.59. The molecule has 0 atom stereocenters. The molecule has 3 aromatic rings. The van der Waals surface area contributed by atoms with Gasteiger partial charge in [-0.25, -0.2) is 9.67 Å². The molecule has 0 N–H and O–H groups in total. The van der Waals surface area contributed by atoms with Crippen LogP contribution in [0.1, 0.15) is 16.7 Å². The largest absolute Gasteiger partial charge is 0.416 e. The summed E-state index contributed by atoms with van der Waals surface area (Å²) in [6.45, 7) is 1.58. The van der Waals surface area contributed by atoms with Gasteiger partial charge in [-0.1, -0.05) is 6.07 Å². The van der Waals surface area contributed by atoms with Crippen LogP contribution in [-0.4, -0.2) is 44.7 Å². The van der Waals surface area contributed by atoms with E-state index in [-0.39, 0.29) is 17.3 Å². The van der Waals surface area contributed by atoms with Crippen LogP contribution < -0.4 is 0 Å². The lowest BCUT2D eigenvalue weighted by molar-refractivity contribution is -0.137. The lowest BCUT2D eigenvalue weighted by Crippen LogP contribution is -2.23. The van der Waals surface area contributed by atoms with Crippen molar-refractivity contribution in [1.29, 1.82) is 0 Å². The number of carbonyl (C=O) groups excluding carboxylic acids is 1. The van der Waals surface area contributed by atoms with Crippen molar-refractivity contribution in [3.05, 3.63) is 65.7 Å². The molecule has 1 aromatic carbocycles. The predicted molar refractivity (Wildman–Crippen MR) is 102 cm³/mol. The molecule has 0 fully saturated rings. The molecule has 29 heavy (non-hydrogen) atoms. The standard InChI is InChI=1S/C20H18F3N5O/c1-13-7-15(9-16(8-13)20(21,22)23)18-25-12-28(26-18)11-17(19(29)27(2)3)14-5-4-6-24-10-14/h4-12H,1-3H3/b17-11+. The average Bonchev–Trinajstić information content (AvgIpc) is 3.14.